The molecule has 2 nitrogen and oxygen atoms in total. The van der Waals surface area contributed by atoms with Gasteiger partial charge < -0.3 is 4.79 Å². The van der Waals surface area contributed by atoms with E-state index in [-0.39, 0.29) is 17.6 Å². The van der Waals surface area contributed by atoms with Crippen molar-refractivity contribution in [2.24, 2.45) is 11.8 Å². The van der Waals surface area contributed by atoms with Crippen LogP contribution in [0.2, 0.25) is 0 Å². The first-order valence-electron chi connectivity index (χ1n) is 7.30. The maximum absolute atomic E-state index is 12.3. The molecule has 2 heteroatoms. The van der Waals surface area contributed by atoms with Crippen molar-refractivity contribution < 1.29 is 9.59 Å². The Balaban J connectivity index is 4.66. The van der Waals surface area contributed by atoms with E-state index < -0.39 is 0 Å². The first-order chi connectivity index (χ1) is 8.62. The molecule has 0 saturated heterocycles. The number of Topliss-reactive ketones (excluding diaryl/α,β-unsaturated/α-hetero) is 1. The fraction of sp³-hybridized carbons (Fsp3) is 0.750. The highest BCUT2D eigenvalue weighted by atomic mass is 16.1. The van der Waals surface area contributed by atoms with Crippen molar-refractivity contribution in [2.75, 3.05) is 0 Å². The summed E-state index contributed by atoms with van der Waals surface area (Å²) in [5.74, 6) is -0.120. The van der Waals surface area contributed by atoms with Gasteiger partial charge in [-0.25, -0.2) is 0 Å². The molecule has 2 unspecified atom stereocenters. The van der Waals surface area contributed by atoms with E-state index in [0.29, 0.717) is 0 Å². The Labute approximate surface area is 112 Å². The van der Waals surface area contributed by atoms with E-state index in [1.807, 2.05) is 19.9 Å². The molecule has 0 radical (unpaired) electrons. The average Bonchev–Trinajstić information content (AvgIpc) is 2.39. The van der Waals surface area contributed by atoms with E-state index in [2.05, 4.69) is 13.8 Å². The number of carbonyl (C=O) groups excluding carboxylic acids is 2. The molecule has 0 spiro atoms. The maximum atomic E-state index is 12.3. The predicted molar refractivity (Wildman–Crippen MR) is 76.5 cm³/mol. The van der Waals surface area contributed by atoms with Crippen molar-refractivity contribution >= 4 is 12.1 Å². The van der Waals surface area contributed by atoms with Gasteiger partial charge in [-0.1, -0.05) is 53.0 Å². The third kappa shape index (κ3) is 5.61. The van der Waals surface area contributed by atoms with Crippen molar-refractivity contribution in [3.05, 3.63) is 11.6 Å². The second-order valence-electron chi connectivity index (χ2n) is 4.97. The molecule has 0 saturated carbocycles. The van der Waals surface area contributed by atoms with Crippen LogP contribution in [-0.2, 0) is 9.59 Å². The Morgan fingerprint density at radius 1 is 1.17 bits per heavy atom. The van der Waals surface area contributed by atoms with Gasteiger partial charge in [0.05, 0.1) is 0 Å². The van der Waals surface area contributed by atoms with Crippen LogP contribution in [0.3, 0.4) is 0 Å². The molecule has 0 aromatic heterocycles. The van der Waals surface area contributed by atoms with Crippen molar-refractivity contribution in [1.82, 2.24) is 0 Å². The molecule has 0 amide bonds. The standard InChI is InChI=1S/C16H28O2/c1-5-8-10-14(7-3)16(18)13(4)15(12-17)11-9-6-2/h10,12-13,15H,5-9,11H2,1-4H3. The number of aldehydes is 1. The Morgan fingerprint density at radius 3 is 2.28 bits per heavy atom. The molecule has 0 aromatic rings. The van der Waals surface area contributed by atoms with Crippen LogP contribution in [0.25, 0.3) is 0 Å². The summed E-state index contributed by atoms with van der Waals surface area (Å²) in [6.07, 6.45) is 8.69. The normalized spacial score (nSPS) is 15.2. The van der Waals surface area contributed by atoms with E-state index in [9.17, 15) is 9.59 Å². The zero-order chi connectivity index (χ0) is 14.0. The van der Waals surface area contributed by atoms with Gasteiger partial charge in [0.2, 0.25) is 0 Å². The second kappa shape index (κ2) is 10.0. The number of hydrogen-bond acceptors (Lipinski definition) is 2. The Bertz CT molecular complexity index is 279. The van der Waals surface area contributed by atoms with Gasteiger partial charge in [-0.05, 0) is 24.8 Å². The largest absolute Gasteiger partial charge is 0.303 e. The summed E-state index contributed by atoms with van der Waals surface area (Å²) in [5.41, 5.74) is 0.896. The lowest BCUT2D eigenvalue weighted by Gasteiger charge is -2.18. The Morgan fingerprint density at radius 2 is 1.83 bits per heavy atom. The van der Waals surface area contributed by atoms with Crippen LogP contribution >= 0.6 is 0 Å². The lowest BCUT2D eigenvalue weighted by Crippen LogP contribution is -2.23. The van der Waals surface area contributed by atoms with Crippen molar-refractivity contribution in [3.63, 3.8) is 0 Å². The average molecular weight is 252 g/mol. The van der Waals surface area contributed by atoms with Gasteiger partial charge in [0.15, 0.2) is 5.78 Å². The minimum atomic E-state index is -0.169. The molecule has 0 aliphatic carbocycles. The van der Waals surface area contributed by atoms with E-state index >= 15 is 0 Å². The van der Waals surface area contributed by atoms with E-state index in [1.165, 1.54) is 0 Å². The zero-order valence-electron chi connectivity index (χ0n) is 12.4. The quantitative estimate of drug-likeness (QED) is 0.428. The van der Waals surface area contributed by atoms with Crippen LogP contribution in [0.4, 0.5) is 0 Å². The van der Waals surface area contributed by atoms with E-state index in [1.54, 1.807) is 0 Å². The van der Waals surface area contributed by atoms with Crippen LogP contribution in [0.1, 0.15) is 66.2 Å². The smallest absolute Gasteiger partial charge is 0.162 e. The van der Waals surface area contributed by atoms with Gasteiger partial charge in [0.25, 0.3) is 0 Å². The number of ketones is 1. The van der Waals surface area contributed by atoms with Crippen LogP contribution in [0.5, 0.6) is 0 Å². The molecule has 104 valence electrons. The Hall–Kier alpha value is -0.920. The SMILES string of the molecule is CCCC=C(CC)C(=O)C(C)C(C=O)CCCC. The molecule has 18 heavy (non-hydrogen) atoms. The molecule has 0 rings (SSSR count). The fourth-order valence-electron chi connectivity index (χ4n) is 2.10. The lowest BCUT2D eigenvalue weighted by molar-refractivity contribution is -0.124. The number of hydrogen-bond donors (Lipinski definition) is 0. The molecule has 0 aliphatic heterocycles. The summed E-state index contributed by atoms with van der Waals surface area (Å²) in [6.45, 7) is 8.11. The summed E-state index contributed by atoms with van der Waals surface area (Å²) in [6, 6.07) is 0. The molecule has 0 N–H and O–H groups in total. The minimum absolute atomic E-state index is 0.117. The first-order valence-corrected chi connectivity index (χ1v) is 7.30. The second-order valence-corrected chi connectivity index (χ2v) is 4.97. The summed E-state index contributed by atoms with van der Waals surface area (Å²) >= 11 is 0. The van der Waals surface area contributed by atoms with Gasteiger partial charge in [0.1, 0.15) is 6.29 Å². The highest BCUT2D eigenvalue weighted by molar-refractivity contribution is 5.98. The van der Waals surface area contributed by atoms with Crippen LogP contribution < -0.4 is 0 Å². The third-order valence-corrected chi connectivity index (χ3v) is 3.50. The van der Waals surface area contributed by atoms with Crippen molar-refractivity contribution in [3.8, 4) is 0 Å². The third-order valence-electron chi connectivity index (χ3n) is 3.50. The highest BCUT2D eigenvalue weighted by Gasteiger charge is 2.24. The molecule has 0 aliphatic rings. The van der Waals surface area contributed by atoms with Crippen LogP contribution in [0.15, 0.2) is 11.6 Å². The molecular formula is C16H28O2. The molecule has 0 bridgehead atoms. The fourth-order valence-corrected chi connectivity index (χ4v) is 2.10. The number of allylic oxidation sites excluding steroid dienone is 2. The maximum Gasteiger partial charge on any atom is 0.162 e. The summed E-state index contributed by atoms with van der Waals surface area (Å²) < 4.78 is 0. The summed E-state index contributed by atoms with van der Waals surface area (Å²) in [7, 11) is 0. The van der Waals surface area contributed by atoms with Crippen molar-refractivity contribution in [1.29, 1.82) is 0 Å². The lowest BCUT2D eigenvalue weighted by atomic mass is 9.84. The van der Waals surface area contributed by atoms with Gasteiger partial charge in [-0.2, -0.15) is 0 Å². The number of rotatable bonds is 10. The monoisotopic (exact) mass is 252 g/mol. The molecule has 0 heterocycles. The zero-order valence-corrected chi connectivity index (χ0v) is 12.4. The van der Waals surface area contributed by atoms with Crippen LogP contribution in [-0.4, -0.2) is 12.1 Å². The van der Waals surface area contributed by atoms with Gasteiger partial charge in [0, 0.05) is 11.8 Å². The molecule has 0 aromatic carbocycles. The molecule has 2 atom stereocenters. The summed E-state index contributed by atoms with van der Waals surface area (Å²) in [4.78, 5) is 23.4. The highest BCUT2D eigenvalue weighted by Crippen LogP contribution is 2.22. The minimum Gasteiger partial charge on any atom is -0.303 e. The number of unbranched alkanes of at least 4 members (excludes halogenated alkanes) is 2. The molecule has 0 fully saturated rings. The topological polar surface area (TPSA) is 34.1 Å². The van der Waals surface area contributed by atoms with Gasteiger partial charge >= 0.3 is 0 Å². The van der Waals surface area contributed by atoms with Gasteiger partial charge in [-0.15, -0.1) is 0 Å². The first kappa shape index (κ1) is 17.1. The van der Waals surface area contributed by atoms with E-state index in [0.717, 1.165) is 50.4 Å². The molecular weight excluding hydrogens is 224 g/mol. The predicted octanol–water partition coefficient (Wildman–Crippen LogP) is 4.33. The van der Waals surface area contributed by atoms with Crippen LogP contribution in [0, 0.1) is 11.8 Å². The van der Waals surface area contributed by atoms with E-state index in [4.69, 9.17) is 0 Å². The summed E-state index contributed by atoms with van der Waals surface area (Å²) in [5, 5.41) is 0. The van der Waals surface area contributed by atoms with Crippen molar-refractivity contribution in [2.45, 2.75) is 66.2 Å². The Kier molecular flexibility index (Phi) is 9.53. The number of carbonyl (C=O) groups is 2. The van der Waals surface area contributed by atoms with Gasteiger partial charge in [-0.3, -0.25) is 4.79 Å².